The van der Waals surface area contributed by atoms with Crippen molar-refractivity contribution in [2.75, 3.05) is 17.7 Å². The number of furan rings is 1. The Morgan fingerprint density at radius 2 is 1.47 bits per heavy atom. The molecule has 1 atom stereocenters. The topological polar surface area (TPSA) is 123 Å². The van der Waals surface area contributed by atoms with Gasteiger partial charge in [0.2, 0.25) is 5.91 Å². The third kappa shape index (κ3) is 8.55. The minimum Gasteiger partial charge on any atom is -0.496 e. The summed E-state index contributed by atoms with van der Waals surface area (Å²) in [7, 11) is 1.58. The number of methoxy groups -OCH3 is 1. The number of carbonyl (C=O) groups is 3. The molecule has 0 fully saturated rings. The fourth-order valence-corrected chi connectivity index (χ4v) is 7.35. The fourth-order valence-electron chi connectivity index (χ4n) is 5.46. The van der Waals surface area contributed by atoms with Crippen molar-refractivity contribution in [3.8, 4) is 17.1 Å². The SMILES string of the molecule is COc1ccccc1-c1ccc(/C=C(/NC(=O)c2ccccc2)C(=O)Nc2ccc(S[C@H](C(=O)Nc3nc4ccccc4s3)c3ccccc3)cc2)o1. The average Bonchev–Trinajstić information content (AvgIpc) is 3.84. The molecule has 0 aliphatic rings. The molecule has 7 aromatic rings. The molecule has 262 valence electrons. The van der Waals surface area contributed by atoms with Crippen LogP contribution < -0.4 is 20.7 Å². The van der Waals surface area contributed by atoms with Crippen molar-refractivity contribution >= 4 is 67.9 Å². The number of rotatable bonds is 12. The first-order valence-electron chi connectivity index (χ1n) is 16.5. The van der Waals surface area contributed by atoms with Crippen molar-refractivity contribution in [2.24, 2.45) is 0 Å². The number of hydrogen-bond acceptors (Lipinski definition) is 8. The lowest BCUT2D eigenvalue weighted by Gasteiger charge is -2.16. The van der Waals surface area contributed by atoms with E-state index in [-0.39, 0.29) is 11.6 Å². The van der Waals surface area contributed by atoms with Gasteiger partial charge in [0.15, 0.2) is 5.13 Å². The standard InChI is InChI=1S/C42H32N4O5S2/c1-50-35-18-10-8-16-32(35)36-25-22-30(51-36)26-34(44-39(47)28-14-6-3-7-15-28)40(48)43-29-20-23-31(24-21-29)52-38(27-12-4-2-5-13-27)41(49)46-42-45-33-17-9-11-19-37(33)53-42/h2-26,38H,1H3,(H,43,48)(H,44,47)(H,45,46,49)/b34-26+/t38-/m0/s1. The zero-order valence-corrected chi connectivity index (χ0v) is 29.9. The van der Waals surface area contributed by atoms with Crippen LogP contribution in [0.2, 0.25) is 0 Å². The quantitative estimate of drug-likeness (QED) is 0.0844. The average molecular weight is 737 g/mol. The molecule has 7 rings (SSSR count). The Morgan fingerprint density at radius 3 is 2.23 bits per heavy atom. The van der Waals surface area contributed by atoms with Gasteiger partial charge < -0.3 is 25.1 Å². The van der Waals surface area contributed by atoms with E-state index in [2.05, 4.69) is 20.9 Å². The first-order valence-corrected chi connectivity index (χ1v) is 18.2. The molecule has 0 aliphatic carbocycles. The summed E-state index contributed by atoms with van der Waals surface area (Å²) in [6, 6.07) is 44.0. The van der Waals surface area contributed by atoms with E-state index in [1.807, 2.05) is 97.1 Å². The molecule has 0 saturated heterocycles. The number of nitrogens with one attached hydrogen (secondary N) is 3. The second-order valence-electron chi connectivity index (χ2n) is 11.6. The summed E-state index contributed by atoms with van der Waals surface area (Å²) >= 11 is 2.81. The Labute approximate surface area is 313 Å². The predicted molar refractivity (Wildman–Crippen MR) is 211 cm³/mol. The molecular weight excluding hydrogens is 705 g/mol. The molecule has 0 radical (unpaired) electrons. The molecule has 0 aliphatic heterocycles. The molecule has 2 aromatic heterocycles. The molecule has 9 nitrogen and oxygen atoms in total. The summed E-state index contributed by atoms with van der Waals surface area (Å²) in [5, 5.41) is 8.58. The highest BCUT2D eigenvalue weighted by Gasteiger charge is 2.24. The van der Waals surface area contributed by atoms with Gasteiger partial charge in [-0.15, -0.1) is 11.8 Å². The van der Waals surface area contributed by atoms with Crippen molar-refractivity contribution in [3.63, 3.8) is 0 Å². The van der Waals surface area contributed by atoms with Gasteiger partial charge in [-0.3, -0.25) is 14.4 Å². The number of thioether (sulfide) groups is 1. The van der Waals surface area contributed by atoms with Gasteiger partial charge >= 0.3 is 0 Å². The zero-order valence-electron chi connectivity index (χ0n) is 28.3. The number of anilines is 2. The number of aromatic nitrogens is 1. The lowest BCUT2D eigenvalue weighted by molar-refractivity contribution is -0.116. The number of hydrogen-bond donors (Lipinski definition) is 3. The maximum Gasteiger partial charge on any atom is 0.272 e. The predicted octanol–water partition coefficient (Wildman–Crippen LogP) is 9.45. The molecule has 2 heterocycles. The number of thiazole rings is 1. The van der Waals surface area contributed by atoms with E-state index >= 15 is 0 Å². The smallest absolute Gasteiger partial charge is 0.272 e. The third-order valence-electron chi connectivity index (χ3n) is 8.05. The number of amides is 3. The normalized spacial score (nSPS) is 11.8. The van der Waals surface area contributed by atoms with Crippen LogP contribution in [0, 0.1) is 0 Å². The molecule has 0 unspecified atom stereocenters. The molecule has 11 heteroatoms. The molecule has 3 N–H and O–H groups in total. The Kier molecular flexibility index (Phi) is 10.7. The fraction of sp³-hybridized carbons (Fsp3) is 0.0476. The number of benzene rings is 5. The van der Waals surface area contributed by atoms with Gasteiger partial charge in [0, 0.05) is 22.2 Å². The summed E-state index contributed by atoms with van der Waals surface area (Å²) in [6.07, 6.45) is 1.48. The highest BCUT2D eigenvalue weighted by Crippen LogP contribution is 2.38. The highest BCUT2D eigenvalue weighted by atomic mass is 32.2. The molecule has 0 bridgehead atoms. The van der Waals surface area contributed by atoms with Crippen LogP contribution in [0.25, 0.3) is 27.6 Å². The number of carbonyl (C=O) groups excluding carboxylic acids is 3. The molecule has 5 aromatic carbocycles. The van der Waals surface area contributed by atoms with Gasteiger partial charge in [0.05, 0.1) is 22.9 Å². The molecular formula is C42H32N4O5S2. The Bertz CT molecular complexity index is 2370. The first kappa shape index (κ1) is 35.0. The van der Waals surface area contributed by atoms with E-state index < -0.39 is 17.1 Å². The van der Waals surface area contributed by atoms with Crippen LogP contribution in [0.1, 0.15) is 26.9 Å². The number of para-hydroxylation sites is 2. The summed E-state index contributed by atoms with van der Waals surface area (Å²) in [5.41, 5.74) is 3.27. The lowest BCUT2D eigenvalue weighted by Crippen LogP contribution is -2.30. The second-order valence-corrected chi connectivity index (χ2v) is 13.9. The van der Waals surface area contributed by atoms with Gasteiger partial charge in [-0.05, 0) is 78.4 Å². The number of fused-ring (bicyclic) bond motifs is 1. The van der Waals surface area contributed by atoms with Crippen LogP contribution in [0.3, 0.4) is 0 Å². The van der Waals surface area contributed by atoms with Crippen molar-refractivity contribution in [1.82, 2.24) is 10.3 Å². The van der Waals surface area contributed by atoms with Gasteiger partial charge in [0.25, 0.3) is 11.8 Å². The monoisotopic (exact) mass is 736 g/mol. The van der Waals surface area contributed by atoms with Gasteiger partial charge in [-0.2, -0.15) is 0 Å². The third-order valence-corrected chi connectivity index (χ3v) is 10.3. The highest BCUT2D eigenvalue weighted by molar-refractivity contribution is 8.00. The molecule has 0 saturated carbocycles. The Hall–Kier alpha value is -6.43. The largest absolute Gasteiger partial charge is 0.496 e. The first-order chi connectivity index (χ1) is 25.9. The maximum absolute atomic E-state index is 13.7. The minimum atomic E-state index is -0.569. The van der Waals surface area contributed by atoms with Crippen LogP contribution in [0.4, 0.5) is 10.8 Å². The molecule has 53 heavy (non-hydrogen) atoms. The summed E-state index contributed by atoms with van der Waals surface area (Å²) in [5.74, 6) is 0.325. The van der Waals surface area contributed by atoms with Crippen LogP contribution in [-0.4, -0.2) is 29.8 Å². The zero-order chi connectivity index (χ0) is 36.6. The summed E-state index contributed by atoms with van der Waals surface area (Å²) in [6.45, 7) is 0. The lowest BCUT2D eigenvalue weighted by atomic mass is 10.1. The second kappa shape index (κ2) is 16.3. The number of nitrogens with zero attached hydrogens (tertiary/aromatic N) is 1. The molecule has 0 spiro atoms. The molecule has 3 amide bonds. The van der Waals surface area contributed by atoms with E-state index in [0.29, 0.717) is 33.7 Å². The van der Waals surface area contributed by atoms with E-state index in [1.165, 1.54) is 29.2 Å². The van der Waals surface area contributed by atoms with Crippen LogP contribution in [0.15, 0.2) is 161 Å². The Balaban J connectivity index is 1.09. The van der Waals surface area contributed by atoms with Crippen molar-refractivity contribution in [2.45, 2.75) is 10.1 Å². The van der Waals surface area contributed by atoms with Gasteiger partial charge in [-0.1, -0.05) is 84.1 Å². The van der Waals surface area contributed by atoms with Crippen LogP contribution in [-0.2, 0) is 9.59 Å². The van der Waals surface area contributed by atoms with Crippen LogP contribution in [0.5, 0.6) is 5.75 Å². The van der Waals surface area contributed by atoms with Crippen molar-refractivity contribution in [3.05, 3.63) is 168 Å². The van der Waals surface area contributed by atoms with E-state index in [1.54, 1.807) is 55.6 Å². The Morgan fingerprint density at radius 1 is 0.774 bits per heavy atom. The van der Waals surface area contributed by atoms with Crippen molar-refractivity contribution < 1.29 is 23.5 Å². The van der Waals surface area contributed by atoms with Crippen molar-refractivity contribution in [1.29, 1.82) is 0 Å². The van der Waals surface area contributed by atoms with E-state index in [4.69, 9.17) is 9.15 Å². The number of ether oxygens (including phenoxy) is 1. The van der Waals surface area contributed by atoms with Gasteiger partial charge in [-0.25, -0.2) is 4.98 Å². The van der Waals surface area contributed by atoms with Crippen LogP contribution >= 0.6 is 23.1 Å². The minimum absolute atomic E-state index is 0.0195. The van der Waals surface area contributed by atoms with E-state index in [0.717, 1.165) is 26.2 Å². The van der Waals surface area contributed by atoms with E-state index in [9.17, 15) is 14.4 Å². The summed E-state index contributed by atoms with van der Waals surface area (Å²) in [4.78, 5) is 45.9. The maximum atomic E-state index is 13.7. The van der Waals surface area contributed by atoms with Gasteiger partial charge in [0.1, 0.15) is 28.2 Å². The summed E-state index contributed by atoms with van der Waals surface area (Å²) < 4.78 is 12.5.